The molecule has 23 heavy (non-hydrogen) atoms. The molecule has 1 aromatic carbocycles. The van der Waals surface area contributed by atoms with Crippen LogP contribution in [0.5, 0.6) is 0 Å². The van der Waals surface area contributed by atoms with Crippen molar-refractivity contribution in [2.75, 3.05) is 6.54 Å². The summed E-state index contributed by atoms with van der Waals surface area (Å²) in [6.45, 7) is 3.02. The average molecular weight is 314 g/mol. The summed E-state index contributed by atoms with van der Waals surface area (Å²) >= 11 is 0. The van der Waals surface area contributed by atoms with E-state index in [1.54, 1.807) is 4.90 Å². The molecule has 0 bridgehead atoms. The number of aliphatic carboxylic acids is 1. The molecule has 0 radical (unpaired) electrons. The molecule has 122 valence electrons. The van der Waals surface area contributed by atoms with E-state index in [0.717, 1.165) is 22.9 Å². The summed E-state index contributed by atoms with van der Waals surface area (Å²) in [6.07, 6.45) is 4.15. The van der Waals surface area contributed by atoms with Crippen LogP contribution in [0.3, 0.4) is 0 Å². The van der Waals surface area contributed by atoms with Gasteiger partial charge in [-0.3, -0.25) is 9.59 Å². The third kappa shape index (κ3) is 2.83. The van der Waals surface area contributed by atoms with E-state index in [4.69, 9.17) is 0 Å². The molecular formula is C18H22N2O3. The second-order valence-electron chi connectivity index (χ2n) is 6.38. The van der Waals surface area contributed by atoms with Crippen LogP contribution in [0, 0.1) is 5.41 Å². The van der Waals surface area contributed by atoms with Gasteiger partial charge in [-0.15, -0.1) is 0 Å². The summed E-state index contributed by atoms with van der Waals surface area (Å²) in [5, 5.41) is 10.5. The first-order valence-corrected chi connectivity index (χ1v) is 8.12. The van der Waals surface area contributed by atoms with Crippen LogP contribution >= 0.6 is 0 Å². The second kappa shape index (κ2) is 6.07. The number of aromatic nitrogens is 1. The number of carbonyl (C=O) groups excluding carboxylic acids is 1. The lowest BCUT2D eigenvalue weighted by molar-refractivity contribution is -0.159. The first kappa shape index (κ1) is 15.6. The fraction of sp³-hybridized carbons (Fsp3) is 0.444. The Morgan fingerprint density at radius 1 is 1.30 bits per heavy atom. The predicted molar refractivity (Wildman–Crippen MR) is 87.9 cm³/mol. The van der Waals surface area contributed by atoms with Gasteiger partial charge in [-0.1, -0.05) is 24.6 Å². The maximum absolute atomic E-state index is 12.6. The molecule has 1 fully saturated rings. The summed E-state index contributed by atoms with van der Waals surface area (Å²) in [5.41, 5.74) is 1.28. The second-order valence-corrected chi connectivity index (χ2v) is 6.38. The molecular weight excluding hydrogens is 292 g/mol. The number of carbonyl (C=O) groups is 2. The zero-order valence-electron chi connectivity index (χ0n) is 13.3. The molecule has 1 heterocycles. The van der Waals surface area contributed by atoms with E-state index >= 15 is 0 Å². The number of H-pyrrole nitrogens is 1. The van der Waals surface area contributed by atoms with Gasteiger partial charge in [0.2, 0.25) is 5.91 Å². The maximum atomic E-state index is 12.6. The number of benzene rings is 1. The molecule has 0 saturated heterocycles. The van der Waals surface area contributed by atoms with E-state index in [1.165, 1.54) is 0 Å². The van der Waals surface area contributed by atoms with Gasteiger partial charge < -0.3 is 15.0 Å². The number of hydrogen-bond acceptors (Lipinski definition) is 2. The van der Waals surface area contributed by atoms with Gasteiger partial charge in [-0.05, 0) is 31.4 Å². The van der Waals surface area contributed by atoms with Crippen LogP contribution in [0.2, 0.25) is 0 Å². The number of fused-ring (bicyclic) bond motifs is 1. The largest absolute Gasteiger partial charge is 0.481 e. The monoisotopic (exact) mass is 314 g/mol. The molecule has 0 spiro atoms. The standard InChI is InChI=1S/C18H22N2O3/c1-2-20(16(21)10-18(17(22)23)8-5-9-18)12-13-11-19-15-7-4-3-6-14(13)15/h3-4,6-7,11,19H,2,5,8-10,12H2,1H3,(H,22,23). The van der Waals surface area contributed by atoms with Crippen molar-refractivity contribution in [2.24, 2.45) is 5.41 Å². The van der Waals surface area contributed by atoms with E-state index < -0.39 is 11.4 Å². The highest BCUT2D eigenvalue weighted by Gasteiger charge is 2.46. The number of hydrogen-bond donors (Lipinski definition) is 2. The quantitative estimate of drug-likeness (QED) is 0.860. The number of amides is 1. The zero-order valence-corrected chi connectivity index (χ0v) is 13.3. The Morgan fingerprint density at radius 3 is 2.65 bits per heavy atom. The molecule has 3 rings (SSSR count). The topological polar surface area (TPSA) is 73.4 Å². The van der Waals surface area contributed by atoms with Crippen molar-refractivity contribution in [3.05, 3.63) is 36.0 Å². The van der Waals surface area contributed by atoms with Crippen molar-refractivity contribution >= 4 is 22.8 Å². The van der Waals surface area contributed by atoms with Crippen molar-refractivity contribution in [3.8, 4) is 0 Å². The number of carboxylic acid groups (broad SMARTS) is 1. The molecule has 5 heteroatoms. The normalized spacial score (nSPS) is 16.0. The highest BCUT2D eigenvalue weighted by atomic mass is 16.4. The maximum Gasteiger partial charge on any atom is 0.310 e. The van der Waals surface area contributed by atoms with Crippen molar-refractivity contribution in [2.45, 2.75) is 39.2 Å². The van der Waals surface area contributed by atoms with Gasteiger partial charge in [0.05, 0.1) is 5.41 Å². The Balaban J connectivity index is 1.74. The van der Waals surface area contributed by atoms with Crippen molar-refractivity contribution in [1.29, 1.82) is 0 Å². The molecule has 0 atom stereocenters. The minimum absolute atomic E-state index is 0.0696. The van der Waals surface area contributed by atoms with Crippen LogP contribution in [-0.2, 0) is 16.1 Å². The van der Waals surface area contributed by atoms with Gasteiger partial charge in [-0.2, -0.15) is 0 Å². The van der Waals surface area contributed by atoms with E-state index in [1.807, 2.05) is 37.4 Å². The molecule has 0 unspecified atom stereocenters. The summed E-state index contributed by atoms with van der Waals surface area (Å²) in [6, 6.07) is 7.99. The van der Waals surface area contributed by atoms with Gasteiger partial charge in [0, 0.05) is 36.6 Å². The van der Waals surface area contributed by atoms with Gasteiger partial charge in [0.1, 0.15) is 0 Å². The van der Waals surface area contributed by atoms with Gasteiger partial charge >= 0.3 is 5.97 Å². The lowest BCUT2D eigenvalue weighted by Gasteiger charge is -2.38. The van der Waals surface area contributed by atoms with E-state index in [0.29, 0.717) is 25.9 Å². The molecule has 1 aliphatic carbocycles. The minimum Gasteiger partial charge on any atom is -0.481 e. The third-order valence-electron chi connectivity index (χ3n) is 5.02. The molecule has 1 aromatic heterocycles. The number of nitrogens with zero attached hydrogens (tertiary/aromatic N) is 1. The first-order chi connectivity index (χ1) is 11.1. The predicted octanol–water partition coefficient (Wildman–Crippen LogP) is 3.16. The number of aromatic amines is 1. The van der Waals surface area contributed by atoms with E-state index in [9.17, 15) is 14.7 Å². The Morgan fingerprint density at radius 2 is 2.04 bits per heavy atom. The summed E-state index contributed by atoms with van der Waals surface area (Å²) in [5.74, 6) is -0.903. The lowest BCUT2D eigenvalue weighted by atomic mass is 9.66. The van der Waals surface area contributed by atoms with Gasteiger partial charge in [-0.25, -0.2) is 0 Å². The molecule has 5 nitrogen and oxygen atoms in total. The van der Waals surface area contributed by atoms with Crippen LogP contribution in [0.15, 0.2) is 30.5 Å². The molecule has 0 aliphatic heterocycles. The Bertz CT molecular complexity index is 731. The highest BCUT2D eigenvalue weighted by molar-refractivity contribution is 5.87. The molecule has 2 aromatic rings. The fourth-order valence-electron chi connectivity index (χ4n) is 3.32. The van der Waals surface area contributed by atoms with Crippen LogP contribution in [0.4, 0.5) is 0 Å². The molecule has 2 N–H and O–H groups in total. The number of para-hydroxylation sites is 1. The third-order valence-corrected chi connectivity index (χ3v) is 5.02. The van der Waals surface area contributed by atoms with Crippen molar-refractivity contribution in [1.82, 2.24) is 9.88 Å². The lowest BCUT2D eigenvalue weighted by Crippen LogP contribution is -2.43. The van der Waals surface area contributed by atoms with E-state index in [2.05, 4.69) is 4.98 Å². The van der Waals surface area contributed by atoms with Crippen LogP contribution < -0.4 is 0 Å². The molecule has 1 aliphatic rings. The molecule has 1 saturated carbocycles. The summed E-state index contributed by atoms with van der Waals surface area (Å²) in [4.78, 5) is 29.0. The number of nitrogens with one attached hydrogen (secondary N) is 1. The van der Waals surface area contributed by atoms with Crippen LogP contribution in [0.1, 0.15) is 38.2 Å². The number of rotatable bonds is 6. The molecule has 1 amide bonds. The Hall–Kier alpha value is -2.30. The SMILES string of the molecule is CCN(Cc1c[nH]c2ccccc12)C(=O)CC1(C(=O)O)CCC1. The average Bonchev–Trinajstić information content (AvgIpc) is 2.91. The van der Waals surface area contributed by atoms with Gasteiger partial charge in [0.15, 0.2) is 0 Å². The van der Waals surface area contributed by atoms with Crippen LogP contribution in [0.25, 0.3) is 10.9 Å². The number of carboxylic acids is 1. The zero-order chi connectivity index (χ0) is 16.4. The fourth-order valence-corrected chi connectivity index (χ4v) is 3.32. The van der Waals surface area contributed by atoms with Crippen molar-refractivity contribution < 1.29 is 14.7 Å². The van der Waals surface area contributed by atoms with Crippen molar-refractivity contribution in [3.63, 3.8) is 0 Å². The Kier molecular flexibility index (Phi) is 4.11. The minimum atomic E-state index is -0.833. The highest BCUT2D eigenvalue weighted by Crippen LogP contribution is 2.44. The van der Waals surface area contributed by atoms with E-state index in [-0.39, 0.29) is 12.3 Å². The first-order valence-electron chi connectivity index (χ1n) is 8.12. The van der Waals surface area contributed by atoms with Crippen LogP contribution in [-0.4, -0.2) is 33.4 Å². The summed E-state index contributed by atoms with van der Waals surface area (Å²) in [7, 11) is 0. The smallest absolute Gasteiger partial charge is 0.310 e. The van der Waals surface area contributed by atoms with Gasteiger partial charge in [0.25, 0.3) is 0 Å². The summed E-state index contributed by atoms with van der Waals surface area (Å²) < 4.78 is 0. The Labute approximate surface area is 135 Å².